The largest absolute Gasteiger partial charge is 0.360 e. The maximum absolute atomic E-state index is 13.0. The third kappa shape index (κ3) is 4.92. The van der Waals surface area contributed by atoms with Crippen molar-refractivity contribution in [2.75, 3.05) is 11.9 Å². The molecule has 6 nitrogen and oxygen atoms in total. The van der Waals surface area contributed by atoms with E-state index < -0.39 is 0 Å². The molecule has 25 heavy (non-hydrogen) atoms. The Morgan fingerprint density at radius 3 is 2.44 bits per heavy atom. The van der Waals surface area contributed by atoms with E-state index in [2.05, 4.69) is 10.5 Å². The molecule has 0 spiro atoms. The summed E-state index contributed by atoms with van der Waals surface area (Å²) >= 11 is 0. The molecular weight excluding hydrogens is 318 g/mol. The first-order valence-corrected chi connectivity index (χ1v) is 8.51. The van der Waals surface area contributed by atoms with Crippen molar-refractivity contribution in [3.05, 3.63) is 47.7 Å². The lowest BCUT2D eigenvalue weighted by molar-refractivity contribution is -0.137. The van der Waals surface area contributed by atoms with Gasteiger partial charge >= 0.3 is 0 Å². The average Bonchev–Trinajstić information content (AvgIpc) is 2.98. The van der Waals surface area contributed by atoms with Crippen molar-refractivity contribution in [1.29, 1.82) is 0 Å². The van der Waals surface area contributed by atoms with E-state index in [1.165, 1.54) is 0 Å². The van der Waals surface area contributed by atoms with E-state index >= 15 is 0 Å². The zero-order chi connectivity index (χ0) is 18.4. The van der Waals surface area contributed by atoms with Gasteiger partial charge in [0.05, 0.1) is 5.92 Å². The smallest absolute Gasteiger partial charge is 0.245 e. The minimum Gasteiger partial charge on any atom is -0.360 e. The maximum Gasteiger partial charge on any atom is 0.245 e. The lowest BCUT2D eigenvalue weighted by atomic mass is 9.94. The third-order valence-corrected chi connectivity index (χ3v) is 4.02. The number of aryl methyl sites for hydroxylation is 1. The van der Waals surface area contributed by atoms with Gasteiger partial charge in [-0.1, -0.05) is 42.4 Å². The molecule has 0 radical (unpaired) electrons. The lowest BCUT2D eigenvalue weighted by Gasteiger charge is -2.30. The Morgan fingerprint density at radius 1 is 1.24 bits per heavy atom. The highest BCUT2D eigenvalue weighted by Gasteiger charge is 2.27. The first-order valence-electron chi connectivity index (χ1n) is 8.51. The van der Waals surface area contributed by atoms with E-state index in [9.17, 15) is 9.59 Å². The monoisotopic (exact) mass is 343 g/mol. The van der Waals surface area contributed by atoms with Crippen molar-refractivity contribution < 1.29 is 14.1 Å². The summed E-state index contributed by atoms with van der Waals surface area (Å²) in [6.45, 7) is 7.52. The Balaban J connectivity index is 2.10. The molecule has 134 valence electrons. The molecule has 1 heterocycles. The van der Waals surface area contributed by atoms with Crippen molar-refractivity contribution in [2.24, 2.45) is 0 Å². The van der Waals surface area contributed by atoms with Crippen LogP contribution >= 0.6 is 0 Å². The van der Waals surface area contributed by atoms with Gasteiger partial charge in [-0.05, 0) is 32.8 Å². The van der Waals surface area contributed by atoms with Crippen molar-refractivity contribution in [3.63, 3.8) is 0 Å². The fraction of sp³-hybridized carbons (Fsp3) is 0.421. The molecule has 0 aliphatic carbocycles. The molecular formula is C19H25N3O3. The molecule has 0 unspecified atom stereocenters. The number of rotatable bonds is 7. The maximum atomic E-state index is 13.0. The Labute approximate surface area is 148 Å². The molecule has 1 N–H and O–H groups in total. The minimum atomic E-state index is -0.293. The normalized spacial score (nSPS) is 12.0. The topological polar surface area (TPSA) is 75.4 Å². The van der Waals surface area contributed by atoms with Gasteiger partial charge < -0.3 is 14.7 Å². The van der Waals surface area contributed by atoms with Crippen LogP contribution in [-0.2, 0) is 9.59 Å². The molecule has 0 saturated carbocycles. The predicted molar refractivity (Wildman–Crippen MR) is 96.2 cm³/mol. The van der Waals surface area contributed by atoms with Gasteiger partial charge in [-0.25, -0.2) is 0 Å². The van der Waals surface area contributed by atoms with E-state index in [0.29, 0.717) is 18.0 Å². The molecule has 1 aromatic carbocycles. The standard InChI is InChI=1S/C19H25N3O3/c1-5-16(15-9-7-6-8-10-15)19(24)22(13(2)3)12-18(23)20-17-11-14(4)25-21-17/h6-11,13,16H,5,12H2,1-4H3,(H,20,21,23)/t16-/m0/s1. The molecule has 0 aliphatic rings. The zero-order valence-corrected chi connectivity index (χ0v) is 15.2. The number of carbonyl (C=O) groups excluding carboxylic acids is 2. The summed E-state index contributed by atoms with van der Waals surface area (Å²) in [6.07, 6.45) is 0.677. The van der Waals surface area contributed by atoms with E-state index in [0.717, 1.165) is 5.56 Å². The van der Waals surface area contributed by atoms with Crippen molar-refractivity contribution in [2.45, 2.75) is 46.1 Å². The third-order valence-electron chi connectivity index (χ3n) is 4.02. The fourth-order valence-corrected chi connectivity index (χ4v) is 2.72. The second-order valence-corrected chi connectivity index (χ2v) is 6.30. The van der Waals surface area contributed by atoms with Crippen molar-refractivity contribution >= 4 is 17.6 Å². The van der Waals surface area contributed by atoms with Gasteiger partial charge in [0.1, 0.15) is 12.3 Å². The van der Waals surface area contributed by atoms with Gasteiger partial charge in [-0.15, -0.1) is 0 Å². The van der Waals surface area contributed by atoms with Gasteiger partial charge in [0.25, 0.3) is 0 Å². The summed E-state index contributed by atoms with van der Waals surface area (Å²) < 4.78 is 4.93. The van der Waals surface area contributed by atoms with Crippen molar-refractivity contribution in [1.82, 2.24) is 10.1 Å². The number of benzene rings is 1. The highest BCUT2D eigenvalue weighted by atomic mass is 16.5. The molecule has 0 fully saturated rings. The van der Waals surface area contributed by atoms with Gasteiger partial charge in [0, 0.05) is 12.1 Å². The van der Waals surface area contributed by atoms with Gasteiger partial charge in [0.15, 0.2) is 5.82 Å². The number of hydrogen-bond donors (Lipinski definition) is 1. The predicted octanol–water partition coefficient (Wildman–Crippen LogP) is 3.35. The summed E-state index contributed by atoms with van der Waals surface area (Å²) in [4.78, 5) is 26.9. The Bertz CT molecular complexity index is 710. The quantitative estimate of drug-likeness (QED) is 0.836. The van der Waals surface area contributed by atoms with Crippen LogP contribution in [-0.4, -0.2) is 34.5 Å². The van der Waals surface area contributed by atoms with Crippen LogP contribution in [0, 0.1) is 6.92 Å². The molecule has 1 aromatic heterocycles. The summed E-state index contributed by atoms with van der Waals surface area (Å²) in [5.41, 5.74) is 0.966. The van der Waals surface area contributed by atoms with Crippen LogP contribution in [0.3, 0.4) is 0 Å². The number of carbonyl (C=O) groups is 2. The number of anilines is 1. The Hall–Kier alpha value is -2.63. The Kier molecular flexibility index (Phi) is 6.33. The van der Waals surface area contributed by atoms with Crippen LogP contribution in [0.5, 0.6) is 0 Å². The highest BCUT2D eigenvalue weighted by Crippen LogP contribution is 2.23. The SMILES string of the molecule is CC[C@H](C(=O)N(CC(=O)Nc1cc(C)on1)C(C)C)c1ccccc1. The number of nitrogens with one attached hydrogen (secondary N) is 1. The molecule has 0 bridgehead atoms. The van der Waals surface area contributed by atoms with Crippen LogP contribution < -0.4 is 5.32 Å². The summed E-state index contributed by atoms with van der Waals surface area (Å²) in [7, 11) is 0. The molecule has 2 rings (SSSR count). The first-order chi connectivity index (χ1) is 11.9. The number of amides is 2. The molecule has 0 saturated heterocycles. The molecule has 6 heteroatoms. The average molecular weight is 343 g/mol. The zero-order valence-electron chi connectivity index (χ0n) is 15.2. The lowest BCUT2D eigenvalue weighted by Crippen LogP contribution is -2.44. The number of hydrogen-bond acceptors (Lipinski definition) is 4. The highest BCUT2D eigenvalue weighted by molar-refractivity contribution is 5.95. The molecule has 2 aromatic rings. The van der Waals surface area contributed by atoms with E-state index in [1.54, 1.807) is 17.9 Å². The first kappa shape index (κ1) is 18.7. The summed E-state index contributed by atoms with van der Waals surface area (Å²) in [5.74, 6) is 0.370. The van der Waals surface area contributed by atoms with Crippen LogP contribution in [0.1, 0.15) is 44.4 Å². The van der Waals surface area contributed by atoms with Crippen LogP contribution in [0.4, 0.5) is 5.82 Å². The van der Waals surface area contributed by atoms with Crippen LogP contribution in [0.2, 0.25) is 0 Å². The fourth-order valence-electron chi connectivity index (χ4n) is 2.72. The second-order valence-electron chi connectivity index (χ2n) is 6.30. The Morgan fingerprint density at radius 2 is 1.92 bits per heavy atom. The summed E-state index contributed by atoms with van der Waals surface area (Å²) in [5, 5.41) is 6.40. The molecule has 1 atom stereocenters. The van der Waals surface area contributed by atoms with Gasteiger partial charge in [-0.3, -0.25) is 9.59 Å². The van der Waals surface area contributed by atoms with Crippen LogP contribution in [0.15, 0.2) is 40.9 Å². The molecule has 2 amide bonds. The molecule has 0 aliphatic heterocycles. The minimum absolute atomic E-state index is 0.0221. The van der Waals surface area contributed by atoms with E-state index in [1.807, 2.05) is 51.1 Å². The van der Waals surface area contributed by atoms with E-state index in [-0.39, 0.29) is 30.3 Å². The number of nitrogens with zero attached hydrogens (tertiary/aromatic N) is 2. The summed E-state index contributed by atoms with van der Waals surface area (Å²) in [6, 6.07) is 11.2. The second kappa shape index (κ2) is 8.46. The van der Waals surface area contributed by atoms with Crippen LogP contribution in [0.25, 0.3) is 0 Å². The van der Waals surface area contributed by atoms with E-state index in [4.69, 9.17) is 4.52 Å². The number of aromatic nitrogens is 1. The van der Waals surface area contributed by atoms with Gasteiger partial charge in [0.2, 0.25) is 11.8 Å². The van der Waals surface area contributed by atoms with Crippen molar-refractivity contribution in [3.8, 4) is 0 Å². The van der Waals surface area contributed by atoms with Gasteiger partial charge in [-0.2, -0.15) is 0 Å².